The van der Waals surface area contributed by atoms with Crippen LogP contribution < -0.4 is 5.32 Å². The molecule has 0 fully saturated rings. The second-order valence-corrected chi connectivity index (χ2v) is 6.47. The van der Waals surface area contributed by atoms with Crippen LogP contribution in [0.4, 0.5) is 5.69 Å². The Kier molecular flexibility index (Phi) is 5.40. The third-order valence-corrected chi connectivity index (χ3v) is 4.54. The van der Waals surface area contributed by atoms with Crippen LogP contribution in [-0.2, 0) is 22.6 Å². The van der Waals surface area contributed by atoms with Gasteiger partial charge >= 0.3 is 11.9 Å². The molecule has 1 aliphatic heterocycles. The van der Waals surface area contributed by atoms with E-state index in [4.69, 9.17) is 5.11 Å². The summed E-state index contributed by atoms with van der Waals surface area (Å²) in [4.78, 5) is 36.9. The molecule has 0 unspecified atom stereocenters. The number of carboxylic acid groups (broad SMARTS) is 2. The Morgan fingerprint density at radius 1 is 1.11 bits per heavy atom. The van der Waals surface area contributed by atoms with Gasteiger partial charge in [0.1, 0.15) is 6.04 Å². The maximum Gasteiger partial charge on any atom is 0.335 e. The fourth-order valence-electron chi connectivity index (χ4n) is 3.16. The van der Waals surface area contributed by atoms with Crippen molar-refractivity contribution >= 4 is 23.5 Å². The second-order valence-electron chi connectivity index (χ2n) is 6.47. The Bertz CT molecular complexity index is 866. The first-order chi connectivity index (χ1) is 12.9. The number of amides is 1. The lowest BCUT2D eigenvalue weighted by Gasteiger charge is -2.24. The van der Waals surface area contributed by atoms with Gasteiger partial charge in [0.05, 0.1) is 12.0 Å². The zero-order chi connectivity index (χ0) is 19.4. The first kappa shape index (κ1) is 18.4. The van der Waals surface area contributed by atoms with Crippen molar-refractivity contribution in [1.29, 1.82) is 0 Å². The van der Waals surface area contributed by atoms with Gasteiger partial charge in [-0.25, -0.2) is 4.79 Å². The van der Waals surface area contributed by atoms with Crippen molar-refractivity contribution in [3.63, 3.8) is 0 Å². The molecule has 7 nitrogen and oxygen atoms in total. The van der Waals surface area contributed by atoms with Crippen LogP contribution in [0.5, 0.6) is 0 Å². The predicted molar refractivity (Wildman–Crippen MR) is 98.6 cm³/mol. The number of aromatic carboxylic acids is 1. The average Bonchev–Trinajstić information content (AvgIpc) is 2.77. The number of carboxylic acids is 2. The molecule has 3 N–H and O–H groups in total. The molecule has 0 saturated heterocycles. The summed E-state index contributed by atoms with van der Waals surface area (Å²) in [7, 11) is 0. The van der Waals surface area contributed by atoms with E-state index >= 15 is 0 Å². The lowest BCUT2D eigenvalue weighted by atomic mass is 10.1. The van der Waals surface area contributed by atoms with Gasteiger partial charge in [0.2, 0.25) is 5.91 Å². The average molecular weight is 368 g/mol. The van der Waals surface area contributed by atoms with E-state index in [0.717, 1.165) is 5.56 Å². The molecule has 2 aromatic rings. The largest absolute Gasteiger partial charge is 0.481 e. The molecule has 0 radical (unpaired) electrons. The van der Waals surface area contributed by atoms with Crippen molar-refractivity contribution in [2.75, 3.05) is 11.9 Å². The third-order valence-electron chi connectivity index (χ3n) is 4.54. The topological polar surface area (TPSA) is 107 Å². The Morgan fingerprint density at radius 2 is 1.85 bits per heavy atom. The highest BCUT2D eigenvalue weighted by molar-refractivity contribution is 5.92. The minimum Gasteiger partial charge on any atom is -0.481 e. The molecule has 0 spiro atoms. The summed E-state index contributed by atoms with van der Waals surface area (Å²) in [5.41, 5.74) is 2.44. The molecule has 1 amide bonds. The molecule has 3 rings (SSSR count). The summed E-state index contributed by atoms with van der Waals surface area (Å²) >= 11 is 0. The van der Waals surface area contributed by atoms with Crippen LogP contribution >= 0.6 is 0 Å². The molecule has 1 atom stereocenters. The van der Waals surface area contributed by atoms with E-state index in [1.54, 1.807) is 11.0 Å². The van der Waals surface area contributed by atoms with Gasteiger partial charge in [-0.05, 0) is 35.7 Å². The van der Waals surface area contributed by atoms with Crippen LogP contribution in [0.15, 0.2) is 48.5 Å². The minimum absolute atomic E-state index is 0.127. The highest BCUT2D eigenvalue weighted by Gasteiger charge is 2.31. The highest BCUT2D eigenvalue weighted by atomic mass is 16.4. The van der Waals surface area contributed by atoms with Crippen molar-refractivity contribution in [2.24, 2.45) is 0 Å². The normalized spacial score (nSPS) is 16.2. The van der Waals surface area contributed by atoms with E-state index in [1.807, 2.05) is 30.3 Å². The molecule has 140 valence electrons. The summed E-state index contributed by atoms with van der Waals surface area (Å²) < 4.78 is 0. The second kappa shape index (κ2) is 7.90. The number of carbonyl (C=O) groups is 3. The Balaban J connectivity index is 1.88. The zero-order valence-electron chi connectivity index (χ0n) is 14.6. The zero-order valence-corrected chi connectivity index (χ0v) is 14.6. The van der Waals surface area contributed by atoms with E-state index in [1.165, 1.54) is 12.1 Å². The minimum atomic E-state index is -1.07. The van der Waals surface area contributed by atoms with Crippen LogP contribution in [0.1, 0.15) is 27.9 Å². The number of benzene rings is 2. The van der Waals surface area contributed by atoms with Crippen LogP contribution in [0, 0.1) is 0 Å². The number of hydrogen-bond acceptors (Lipinski definition) is 4. The van der Waals surface area contributed by atoms with Crippen molar-refractivity contribution in [1.82, 2.24) is 4.90 Å². The number of carbonyl (C=O) groups excluding carboxylic acids is 1. The van der Waals surface area contributed by atoms with Gasteiger partial charge in [-0.3, -0.25) is 9.59 Å². The van der Waals surface area contributed by atoms with Crippen LogP contribution in [-0.4, -0.2) is 45.5 Å². The molecule has 0 aromatic heterocycles. The number of fused-ring (bicyclic) bond motifs is 1. The van der Waals surface area contributed by atoms with Gasteiger partial charge in [-0.2, -0.15) is 0 Å². The van der Waals surface area contributed by atoms with Crippen LogP contribution in [0.2, 0.25) is 0 Å². The van der Waals surface area contributed by atoms with Gasteiger partial charge < -0.3 is 20.4 Å². The van der Waals surface area contributed by atoms with Crippen molar-refractivity contribution < 1.29 is 24.6 Å². The summed E-state index contributed by atoms with van der Waals surface area (Å²) in [6.07, 6.45) is 0.279. The Labute approximate surface area is 156 Å². The third kappa shape index (κ3) is 4.44. The number of nitrogens with zero attached hydrogens (tertiary/aromatic N) is 1. The van der Waals surface area contributed by atoms with Gasteiger partial charge in [0, 0.05) is 18.8 Å². The standard InChI is InChI=1S/C20H20N2O5/c23-18(24)11-17-19(25)22(9-8-13-4-2-1-3-5-13)12-15-10-14(20(26)27)6-7-16(15)21-17/h1-7,10,17,21H,8-9,11-12H2,(H,23,24)(H,26,27)/t17-/m1/s1. The summed E-state index contributed by atoms with van der Waals surface area (Å²) in [5.74, 6) is -2.43. The van der Waals surface area contributed by atoms with E-state index in [9.17, 15) is 19.5 Å². The van der Waals surface area contributed by atoms with Crippen molar-refractivity contribution in [2.45, 2.75) is 25.4 Å². The van der Waals surface area contributed by atoms with Gasteiger partial charge in [0.15, 0.2) is 0 Å². The maximum atomic E-state index is 12.9. The van der Waals surface area contributed by atoms with E-state index in [2.05, 4.69) is 5.32 Å². The summed E-state index contributed by atoms with van der Waals surface area (Å²) in [6.45, 7) is 0.641. The highest BCUT2D eigenvalue weighted by Crippen LogP contribution is 2.25. The van der Waals surface area contributed by atoms with E-state index < -0.39 is 18.0 Å². The molecule has 27 heavy (non-hydrogen) atoms. The molecule has 1 heterocycles. The molecular formula is C20H20N2O5. The fourth-order valence-corrected chi connectivity index (χ4v) is 3.16. The number of rotatable bonds is 6. The van der Waals surface area contributed by atoms with Crippen molar-refractivity contribution in [3.05, 3.63) is 65.2 Å². The maximum absolute atomic E-state index is 12.9. The molecular weight excluding hydrogens is 348 g/mol. The summed E-state index contributed by atoms with van der Waals surface area (Å²) in [5, 5.41) is 21.3. The van der Waals surface area contributed by atoms with Gasteiger partial charge in [-0.15, -0.1) is 0 Å². The molecule has 0 saturated carbocycles. The predicted octanol–water partition coefficient (Wildman–Crippen LogP) is 2.22. The summed E-state index contributed by atoms with van der Waals surface area (Å²) in [6, 6.07) is 13.3. The number of aliphatic carboxylic acids is 1. The molecule has 2 aromatic carbocycles. The molecule has 0 aliphatic carbocycles. The lowest BCUT2D eigenvalue weighted by Crippen LogP contribution is -2.42. The molecule has 0 bridgehead atoms. The van der Waals surface area contributed by atoms with E-state index in [-0.39, 0.29) is 24.4 Å². The molecule has 1 aliphatic rings. The molecule has 7 heteroatoms. The SMILES string of the molecule is O=C(O)C[C@H]1Nc2ccc(C(=O)O)cc2CN(CCc2ccccc2)C1=O. The van der Waals surface area contributed by atoms with Crippen molar-refractivity contribution in [3.8, 4) is 0 Å². The first-order valence-electron chi connectivity index (χ1n) is 8.61. The monoisotopic (exact) mass is 368 g/mol. The van der Waals surface area contributed by atoms with Gasteiger partial charge in [0.25, 0.3) is 0 Å². The van der Waals surface area contributed by atoms with Crippen LogP contribution in [0.3, 0.4) is 0 Å². The fraction of sp³-hybridized carbons (Fsp3) is 0.250. The Hall–Kier alpha value is -3.35. The number of anilines is 1. The quantitative estimate of drug-likeness (QED) is 0.722. The first-order valence-corrected chi connectivity index (χ1v) is 8.61. The van der Waals surface area contributed by atoms with Gasteiger partial charge in [-0.1, -0.05) is 30.3 Å². The Morgan fingerprint density at radius 3 is 2.52 bits per heavy atom. The number of nitrogens with one attached hydrogen (secondary N) is 1. The lowest BCUT2D eigenvalue weighted by molar-refractivity contribution is -0.141. The smallest absolute Gasteiger partial charge is 0.335 e. The number of hydrogen-bond donors (Lipinski definition) is 3. The van der Waals surface area contributed by atoms with Crippen LogP contribution in [0.25, 0.3) is 0 Å². The van der Waals surface area contributed by atoms with E-state index in [0.29, 0.717) is 24.2 Å².